The standard InChI is InChI=1S/C41H68O4/c1-26(2)13-32-19-34(15-28(5)6)38(35(20-32)16-29(7)8)41(45,40(23-42,24-43)25-44)39-36(17-30(9)10)21-33(14-27(3)4)22-37(39)18-31(11)12/h19-22,26-31,42-45H,13-18,23-25H2,1-12H3. The van der Waals surface area contributed by atoms with Crippen molar-refractivity contribution in [3.8, 4) is 0 Å². The number of benzene rings is 2. The number of hydrogen-bond acceptors (Lipinski definition) is 4. The first-order chi connectivity index (χ1) is 20.9. The molecule has 2 aromatic carbocycles. The first-order valence-corrected chi connectivity index (χ1v) is 17.8. The van der Waals surface area contributed by atoms with E-state index in [0.717, 1.165) is 71.9 Å². The fourth-order valence-electron chi connectivity index (χ4n) is 7.34. The van der Waals surface area contributed by atoms with E-state index < -0.39 is 30.8 Å². The molecule has 2 rings (SSSR count). The average Bonchev–Trinajstić information content (AvgIpc) is 2.87. The largest absolute Gasteiger partial charge is 0.395 e. The van der Waals surface area contributed by atoms with Crippen LogP contribution >= 0.6 is 0 Å². The first kappa shape index (κ1) is 39.5. The molecule has 0 bridgehead atoms. The molecule has 2 aromatic rings. The van der Waals surface area contributed by atoms with Gasteiger partial charge in [-0.05, 0) is 119 Å². The van der Waals surface area contributed by atoms with Gasteiger partial charge in [-0.3, -0.25) is 0 Å². The van der Waals surface area contributed by atoms with Crippen molar-refractivity contribution in [2.75, 3.05) is 19.8 Å². The van der Waals surface area contributed by atoms with Crippen LogP contribution in [0.4, 0.5) is 0 Å². The van der Waals surface area contributed by atoms with Crippen molar-refractivity contribution < 1.29 is 20.4 Å². The number of hydrogen-bond donors (Lipinski definition) is 4. The highest BCUT2D eigenvalue weighted by Gasteiger charge is 2.55. The third-order valence-electron chi connectivity index (χ3n) is 8.92. The van der Waals surface area contributed by atoms with Gasteiger partial charge >= 0.3 is 0 Å². The summed E-state index contributed by atoms with van der Waals surface area (Å²) >= 11 is 0. The van der Waals surface area contributed by atoms with E-state index in [9.17, 15) is 20.4 Å². The second-order valence-electron chi connectivity index (χ2n) is 16.6. The Balaban J connectivity index is 3.36. The van der Waals surface area contributed by atoms with Gasteiger partial charge in [-0.15, -0.1) is 0 Å². The Kier molecular flexibility index (Phi) is 14.8. The van der Waals surface area contributed by atoms with Gasteiger partial charge in [0, 0.05) is 0 Å². The lowest BCUT2D eigenvalue weighted by atomic mass is 9.60. The predicted molar refractivity (Wildman–Crippen MR) is 191 cm³/mol. The van der Waals surface area contributed by atoms with E-state index in [0.29, 0.717) is 35.5 Å². The van der Waals surface area contributed by atoms with Crippen molar-refractivity contribution in [2.45, 2.75) is 127 Å². The number of aliphatic hydroxyl groups excluding tert-OH is 3. The lowest BCUT2D eigenvalue weighted by molar-refractivity contribution is -0.137. The van der Waals surface area contributed by atoms with E-state index in [2.05, 4.69) is 107 Å². The summed E-state index contributed by atoms with van der Waals surface area (Å²) in [6, 6.07) is 9.05. The Bertz CT molecular complexity index is 1050. The Morgan fingerprint density at radius 1 is 0.422 bits per heavy atom. The normalized spacial score (nSPS) is 13.1. The van der Waals surface area contributed by atoms with Gasteiger partial charge in [-0.2, -0.15) is 0 Å². The molecular weight excluding hydrogens is 556 g/mol. The summed E-state index contributed by atoms with van der Waals surface area (Å²) in [7, 11) is 0. The highest BCUT2D eigenvalue weighted by Crippen LogP contribution is 2.51. The van der Waals surface area contributed by atoms with E-state index in [1.807, 2.05) is 0 Å². The number of aliphatic hydroxyl groups is 4. The highest BCUT2D eigenvalue weighted by molar-refractivity contribution is 5.56. The molecule has 4 nitrogen and oxygen atoms in total. The summed E-state index contributed by atoms with van der Waals surface area (Å²) < 4.78 is 0. The summed E-state index contributed by atoms with van der Waals surface area (Å²) in [5.41, 5.74) is 4.83. The molecule has 0 fully saturated rings. The van der Waals surface area contributed by atoms with Crippen LogP contribution in [0, 0.1) is 40.9 Å². The van der Waals surface area contributed by atoms with Gasteiger partial charge in [-0.25, -0.2) is 0 Å². The number of rotatable bonds is 18. The Morgan fingerprint density at radius 2 is 0.644 bits per heavy atom. The van der Waals surface area contributed by atoms with Crippen molar-refractivity contribution in [2.24, 2.45) is 40.9 Å². The molecule has 0 saturated carbocycles. The van der Waals surface area contributed by atoms with Gasteiger partial charge in [0.2, 0.25) is 0 Å². The zero-order valence-electron chi connectivity index (χ0n) is 30.9. The monoisotopic (exact) mass is 625 g/mol. The van der Waals surface area contributed by atoms with Crippen LogP contribution in [0.3, 0.4) is 0 Å². The minimum Gasteiger partial charge on any atom is -0.395 e. The average molecular weight is 625 g/mol. The van der Waals surface area contributed by atoms with E-state index in [-0.39, 0.29) is 0 Å². The summed E-state index contributed by atoms with van der Waals surface area (Å²) in [5.74, 6) is 2.23. The van der Waals surface area contributed by atoms with Crippen LogP contribution in [0.5, 0.6) is 0 Å². The van der Waals surface area contributed by atoms with Crippen LogP contribution < -0.4 is 0 Å². The molecule has 4 heteroatoms. The topological polar surface area (TPSA) is 80.9 Å². The summed E-state index contributed by atoms with van der Waals surface area (Å²) in [5, 5.41) is 47.5. The van der Waals surface area contributed by atoms with Crippen molar-refractivity contribution >= 4 is 0 Å². The van der Waals surface area contributed by atoms with Crippen molar-refractivity contribution in [3.05, 3.63) is 68.8 Å². The van der Waals surface area contributed by atoms with E-state index in [4.69, 9.17) is 0 Å². The molecule has 0 saturated heterocycles. The molecule has 0 aliphatic carbocycles. The zero-order valence-corrected chi connectivity index (χ0v) is 30.9. The zero-order chi connectivity index (χ0) is 34.3. The molecule has 256 valence electrons. The third kappa shape index (κ3) is 9.66. The molecule has 4 N–H and O–H groups in total. The molecule has 0 amide bonds. The molecule has 0 unspecified atom stereocenters. The first-order valence-electron chi connectivity index (χ1n) is 17.8. The second-order valence-corrected chi connectivity index (χ2v) is 16.6. The van der Waals surface area contributed by atoms with E-state index in [1.165, 1.54) is 11.1 Å². The molecule has 0 aliphatic heterocycles. The highest BCUT2D eigenvalue weighted by atomic mass is 16.3. The second kappa shape index (κ2) is 16.9. The molecule has 0 aromatic heterocycles. The van der Waals surface area contributed by atoms with Crippen molar-refractivity contribution in [1.29, 1.82) is 0 Å². The minimum atomic E-state index is -1.83. The van der Waals surface area contributed by atoms with Gasteiger partial charge in [0.05, 0.1) is 25.2 Å². The van der Waals surface area contributed by atoms with E-state index >= 15 is 0 Å². The molecule has 0 radical (unpaired) electrons. The predicted octanol–water partition coefficient (Wildman–Crippen LogP) is 8.08. The summed E-state index contributed by atoms with van der Waals surface area (Å²) in [6.07, 6.45) is 4.85. The summed E-state index contributed by atoms with van der Waals surface area (Å²) in [6.45, 7) is 24.9. The van der Waals surface area contributed by atoms with Crippen LogP contribution in [0.1, 0.15) is 128 Å². The van der Waals surface area contributed by atoms with E-state index in [1.54, 1.807) is 0 Å². The lowest BCUT2D eigenvalue weighted by Gasteiger charge is -2.49. The molecule has 0 heterocycles. The molecule has 0 atom stereocenters. The van der Waals surface area contributed by atoms with Crippen LogP contribution in [0.15, 0.2) is 24.3 Å². The summed E-state index contributed by atoms with van der Waals surface area (Å²) in [4.78, 5) is 0. The Labute approximate surface area is 276 Å². The van der Waals surface area contributed by atoms with Gasteiger partial charge < -0.3 is 20.4 Å². The van der Waals surface area contributed by atoms with Crippen LogP contribution in [-0.4, -0.2) is 40.2 Å². The van der Waals surface area contributed by atoms with Crippen LogP contribution in [-0.2, 0) is 44.1 Å². The Morgan fingerprint density at radius 3 is 0.822 bits per heavy atom. The van der Waals surface area contributed by atoms with Crippen LogP contribution in [0.2, 0.25) is 0 Å². The fourth-order valence-corrected chi connectivity index (χ4v) is 7.34. The quantitative estimate of drug-likeness (QED) is 0.135. The van der Waals surface area contributed by atoms with Crippen LogP contribution in [0.25, 0.3) is 0 Å². The van der Waals surface area contributed by atoms with Gasteiger partial charge in [0.15, 0.2) is 0 Å². The molecule has 45 heavy (non-hydrogen) atoms. The minimum absolute atomic E-state index is 0.319. The Hall–Kier alpha value is -1.72. The van der Waals surface area contributed by atoms with Gasteiger partial charge in [0.25, 0.3) is 0 Å². The SMILES string of the molecule is CC(C)Cc1cc(CC(C)C)c(C(O)(c2c(CC(C)C)cc(CC(C)C)cc2CC(C)C)C(CO)(CO)CO)c(CC(C)C)c1. The van der Waals surface area contributed by atoms with Crippen molar-refractivity contribution in [3.63, 3.8) is 0 Å². The van der Waals surface area contributed by atoms with Gasteiger partial charge in [0.1, 0.15) is 5.60 Å². The maximum Gasteiger partial charge on any atom is 0.128 e. The molecular formula is C41H68O4. The maximum atomic E-state index is 13.9. The lowest BCUT2D eigenvalue weighted by Crippen LogP contribution is -2.56. The fraction of sp³-hybridized carbons (Fsp3) is 0.707. The maximum absolute atomic E-state index is 13.9. The third-order valence-corrected chi connectivity index (χ3v) is 8.92. The smallest absolute Gasteiger partial charge is 0.128 e. The molecule has 0 spiro atoms. The van der Waals surface area contributed by atoms with Crippen molar-refractivity contribution in [1.82, 2.24) is 0 Å². The van der Waals surface area contributed by atoms with Gasteiger partial charge in [-0.1, -0.05) is 107 Å². The molecule has 0 aliphatic rings.